The van der Waals surface area contributed by atoms with E-state index in [9.17, 15) is 4.57 Å². The van der Waals surface area contributed by atoms with Crippen molar-refractivity contribution in [2.24, 2.45) is 0 Å². The monoisotopic (exact) mass is 268 g/mol. The Morgan fingerprint density at radius 2 is 1.72 bits per heavy atom. The third kappa shape index (κ3) is 5.21. The Morgan fingerprint density at radius 3 is 2.28 bits per heavy atom. The Bertz CT molecular complexity index is 402. The molecule has 0 heterocycles. The molecule has 0 radical (unpaired) electrons. The van der Waals surface area contributed by atoms with Gasteiger partial charge in [0.15, 0.2) is 0 Å². The van der Waals surface area contributed by atoms with Gasteiger partial charge in [0.2, 0.25) is 0 Å². The third-order valence-corrected chi connectivity index (χ3v) is 3.42. The van der Waals surface area contributed by atoms with Gasteiger partial charge in [0.1, 0.15) is 0 Å². The van der Waals surface area contributed by atoms with Crippen LogP contribution >= 0.6 is 7.82 Å². The first-order valence-electron chi connectivity index (χ1n) is 5.57. The van der Waals surface area contributed by atoms with Crippen LogP contribution in [0.15, 0.2) is 56.0 Å². The summed E-state index contributed by atoms with van der Waals surface area (Å²) in [4.78, 5) is 0. The zero-order chi connectivity index (χ0) is 13.3. The van der Waals surface area contributed by atoms with E-state index in [-0.39, 0.29) is 6.61 Å². The van der Waals surface area contributed by atoms with Crippen molar-refractivity contribution in [1.82, 2.24) is 0 Å². The molecule has 18 heavy (non-hydrogen) atoms. The quantitative estimate of drug-likeness (QED) is 0.385. The summed E-state index contributed by atoms with van der Waals surface area (Å²) in [5.74, 6) is 0. The molecular weight excluding hydrogens is 251 g/mol. The average molecular weight is 268 g/mol. The van der Waals surface area contributed by atoms with Crippen molar-refractivity contribution in [3.63, 3.8) is 0 Å². The van der Waals surface area contributed by atoms with Crippen LogP contribution in [0, 0.1) is 0 Å². The summed E-state index contributed by atoms with van der Waals surface area (Å²) in [6, 6.07) is 9.97. The topological polar surface area (TPSA) is 44.8 Å². The van der Waals surface area contributed by atoms with Crippen LogP contribution < -0.4 is 0 Å². The fourth-order valence-electron chi connectivity index (χ4n) is 1.37. The lowest BCUT2D eigenvalue weighted by molar-refractivity contribution is 0.178. The van der Waals surface area contributed by atoms with Crippen LogP contribution in [-0.4, -0.2) is 6.61 Å². The Morgan fingerprint density at radius 1 is 1.11 bits per heavy atom. The molecule has 0 amide bonds. The molecule has 0 aromatic heterocycles. The molecule has 0 unspecified atom stereocenters. The summed E-state index contributed by atoms with van der Waals surface area (Å²) >= 11 is 0. The second-order valence-corrected chi connectivity index (χ2v) is 4.99. The zero-order valence-corrected chi connectivity index (χ0v) is 11.1. The summed E-state index contributed by atoms with van der Waals surface area (Å²) in [6.07, 6.45) is 3.61. The van der Waals surface area contributed by atoms with Crippen molar-refractivity contribution < 1.29 is 18.1 Å². The summed E-state index contributed by atoms with van der Waals surface area (Å²) < 4.78 is 26.4. The van der Waals surface area contributed by atoms with Crippen LogP contribution in [0.1, 0.15) is 12.0 Å². The maximum atomic E-state index is 11.8. The van der Waals surface area contributed by atoms with E-state index < -0.39 is 7.82 Å². The van der Waals surface area contributed by atoms with Crippen molar-refractivity contribution in [2.75, 3.05) is 6.61 Å². The number of benzene rings is 1. The van der Waals surface area contributed by atoms with E-state index in [4.69, 9.17) is 13.6 Å². The number of hydrogen-bond acceptors (Lipinski definition) is 4. The summed E-state index contributed by atoms with van der Waals surface area (Å²) in [7, 11) is -3.58. The van der Waals surface area contributed by atoms with E-state index in [2.05, 4.69) is 13.2 Å². The lowest BCUT2D eigenvalue weighted by Crippen LogP contribution is -1.98. The first-order chi connectivity index (χ1) is 8.70. The minimum Gasteiger partial charge on any atom is -0.404 e. The van der Waals surface area contributed by atoms with Gasteiger partial charge in [-0.2, -0.15) is 0 Å². The van der Waals surface area contributed by atoms with Crippen LogP contribution in [0.4, 0.5) is 0 Å². The number of aryl methyl sites for hydroxylation is 1. The molecule has 0 bridgehead atoms. The molecule has 1 rings (SSSR count). The highest BCUT2D eigenvalue weighted by atomic mass is 31.2. The summed E-state index contributed by atoms with van der Waals surface area (Å²) in [6.45, 7) is 6.90. The van der Waals surface area contributed by atoms with Crippen molar-refractivity contribution in [3.05, 3.63) is 61.6 Å². The van der Waals surface area contributed by atoms with Gasteiger partial charge in [-0.05, 0) is 18.4 Å². The molecule has 98 valence electrons. The predicted octanol–water partition coefficient (Wildman–Crippen LogP) is 4.06. The Labute approximate surface area is 107 Å². The first kappa shape index (κ1) is 14.6. The Balaban J connectivity index is 2.33. The average Bonchev–Trinajstić information content (AvgIpc) is 2.37. The van der Waals surface area contributed by atoms with Gasteiger partial charge in [-0.3, -0.25) is 4.52 Å². The number of hydrogen-bond donors (Lipinski definition) is 0. The van der Waals surface area contributed by atoms with Crippen LogP contribution in [0.5, 0.6) is 0 Å². The van der Waals surface area contributed by atoms with E-state index in [1.54, 1.807) is 0 Å². The van der Waals surface area contributed by atoms with Gasteiger partial charge in [0.05, 0.1) is 19.1 Å². The number of rotatable bonds is 9. The SMILES string of the molecule is C=COP(=O)(OC=C)OCCCc1ccccc1. The van der Waals surface area contributed by atoms with Gasteiger partial charge < -0.3 is 9.05 Å². The van der Waals surface area contributed by atoms with Crippen molar-refractivity contribution in [1.29, 1.82) is 0 Å². The van der Waals surface area contributed by atoms with Crippen LogP contribution in [0.3, 0.4) is 0 Å². The largest absolute Gasteiger partial charge is 0.586 e. The van der Waals surface area contributed by atoms with Crippen LogP contribution in [0.25, 0.3) is 0 Å². The van der Waals surface area contributed by atoms with Crippen LogP contribution in [0.2, 0.25) is 0 Å². The van der Waals surface area contributed by atoms with Crippen molar-refractivity contribution in [3.8, 4) is 0 Å². The molecule has 0 spiro atoms. The van der Waals surface area contributed by atoms with Crippen molar-refractivity contribution >= 4 is 7.82 Å². The van der Waals surface area contributed by atoms with Crippen molar-refractivity contribution in [2.45, 2.75) is 12.8 Å². The third-order valence-electron chi connectivity index (χ3n) is 2.11. The van der Waals surface area contributed by atoms with E-state index >= 15 is 0 Å². The number of phosphoric acid groups is 1. The molecule has 1 aromatic rings. The summed E-state index contributed by atoms with van der Waals surface area (Å²) in [5, 5.41) is 0. The lowest BCUT2D eigenvalue weighted by Gasteiger charge is -2.14. The summed E-state index contributed by atoms with van der Waals surface area (Å²) in [5.41, 5.74) is 1.20. The molecule has 0 fully saturated rings. The van der Waals surface area contributed by atoms with Gasteiger partial charge in [-0.15, -0.1) is 0 Å². The van der Waals surface area contributed by atoms with Gasteiger partial charge >= 0.3 is 7.82 Å². The van der Waals surface area contributed by atoms with Gasteiger partial charge in [0.25, 0.3) is 0 Å². The normalized spacial score (nSPS) is 10.7. The zero-order valence-electron chi connectivity index (χ0n) is 10.2. The van der Waals surface area contributed by atoms with E-state index in [1.165, 1.54) is 5.56 Å². The first-order valence-corrected chi connectivity index (χ1v) is 7.03. The highest BCUT2D eigenvalue weighted by Gasteiger charge is 2.26. The minimum absolute atomic E-state index is 0.272. The van der Waals surface area contributed by atoms with E-state index in [0.29, 0.717) is 0 Å². The highest BCUT2D eigenvalue weighted by molar-refractivity contribution is 7.48. The molecule has 0 aliphatic rings. The number of phosphoric ester groups is 1. The molecule has 1 aromatic carbocycles. The molecule has 0 saturated carbocycles. The molecule has 5 heteroatoms. The lowest BCUT2D eigenvalue weighted by atomic mass is 10.1. The maximum Gasteiger partial charge on any atom is 0.586 e. The Hall–Kier alpha value is -1.51. The standard InChI is InChI=1S/C13H17O4P/c1-3-15-18(14,16-4-2)17-12-8-11-13-9-6-5-7-10-13/h3-7,9-10H,1-2,8,11-12H2. The van der Waals surface area contributed by atoms with Gasteiger partial charge in [-0.25, -0.2) is 4.57 Å². The van der Waals surface area contributed by atoms with Gasteiger partial charge in [0, 0.05) is 0 Å². The second kappa shape index (κ2) is 7.75. The molecular formula is C13H17O4P. The molecule has 4 nitrogen and oxygen atoms in total. The van der Waals surface area contributed by atoms with E-state index in [0.717, 1.165) is 25.4 Å². The minimum atomic E-state index is -3.58. The highest BCUT2D eigenvalue weighted by Crippen LogP contribution is 2.49. The van der Waals surface area contributed by atoms with Crippen LogP contribution in [-0.2, 0) is 24.6 Å². The molecule has 0 atom stereocenters. The molecule has 0 aliphatic heterocycles. The maximum absolute atomic E-state index is 11.8. The predicted molar refractivity (Wildman–Crippen MR) is 70.9 cm³/mol. The second-order valence-electron chi connectivity index (χ2n) is 3.41. The smallest absolute Gasteiger partial charge is 0.404 e. The molecule has 0 saturated heterocycles. The molecule has 0 N–H and O–H groups in total. The van der Waals surface area contributed by atoms with E-state index in [1.807, 2.05) is 30.3 Å². The fraction of sp³-hybridized carbons (Fsp3) is 0.231. The Kier molecular flexibility index (Phi) is 6.26. The van der Waals surface area contributed by atoms with Gasteiger partial charge in [-0.1, -0.05) is 43.5 Å². The fourth-order valence-corrected chi connectivity index (χ4v) is 2.25. The molecule has 0 aliphatic carbocycles.